The Kier molecular flexibility index (Phi) is 4.38. The van der Waals surface area contributed by atoms with Crippen molar-refractivity contribution in [2.45, 2.75) is 12.2 Å². The summed E-state index contributed by atoms with van der Waals surface area (Å²) >= 11 is 0. The number of nitrogens with one attached hydrogen (secondary N) is 2. The fourth-order valence-corrected chi connectivity index (χ4v) is 1.37. The molecular formula is C4H14N2Si. The zero-order valence-corrected chi connectivity index (χ0v) is 7.28. The van der Waals surface area contributed by atoms with Crippen molar-refractivity contribution in [1.29, 1.82) is 0 Å². The molecule has 44 valence electrons. The van der Waals surface area contributed by atoms with E-state index in [-0.39, 0.29) is 0 Å². The van der Waals surface area contributed by atoms with Crippen LogP contribution in [0.15, 0.2) is 0 Å². The van der Waals surface area contributed by atoms with Gasteiger partial charge in [0.1, 0.15) is 0 Å². The van der Waals surface area contributed by atoms with Gasteiger partial charge in [-0.05, 0) is 20.1 Å². The Balaban J connectivity index is 2.99. The maximum atomic E-state index is 3.12. The predicted octanol–water partition coefficient (Wildman–Crippen LogP) is -1.47. The summed E-state index contributed by atoms with van der Waals surface area (Å²) in [4.78, 5) is 0. The zero-order valence-electron chi connectivity index (χ0n) is 5.28. The summed E-state index contributed by atoms with van der Waals surface area (Å²) in [5.74, 6) is 0. The van der Waals surface area contributed by atoms with Crippen LogP contribution in [0.3, 0.4) is 0 Å². The average Bonchev–Trinajstić information content (AvgIpc) is 1.72. The Morgan fingerprint density at radius 3 is 1.86 bits per heavy atom. The van der Waals surface area contributed by atoms with E-state index in [0.29, 0.717) is 6.17 Å². The third-order valence-corrected chi connectivity index (χ3v) is 1.92. The van der Waals surface area contributed by atoms with Crippen molar-refractivity contribution in [2.24, 2.45) is 0 Å². The summed E-state index contributed by atoms with van der Waals surface area (Å²) in [7, 11) is 5.21. The number of hydrogen-bond acceptors (Lipinski definition) is 2. The lowest BCUT2D eigenvalue weighted by Crippen LogP contribution is -2.36. The molecule has 0 bridgehead atoms. The highest BCUT2D eigenvalue weighted by Gasteiger charge is 1.92. The van der Waals surface area contributed by atoms with Gasteiger partial charge in [-0.3, -0.25) is 0 Å². The van der Waals surface area contributed by atoms with Gasteiger partial charge in [0.25, 0.3) is 0 Å². The molecule has 0 fully saturated rings. The van der Waals surface area contributed by atoms with Crippen molar-refractivity contribution in [3.63, 3.8) is 0 Å². The molecule has 2 N–H and O–H groups in total. The molecule has 0 spiro atoms. The molecule has 0 radical (unpaired) electrons. The van der Waals surface area contributed by atoms with E-state index in [2.05, 4.69) is 10.6 Å². The molecule has 2 nitrogen and oxygen atoms in total. The Morgan fingerprint density at radius 2 is 1.86 bits per heavy atom. The summed E-state index contributed by atoms with van der Waals surface area (Å²) in [5, 5.41) is 6.25. The van der Waals surface area contributed by atoms with Crippen LogP contribution < -0.4 is 10.6 Å². The van der Waals surface area contributed by atoms with Crippen molar-refractivity contribution in [3.8, 4) is 0 Å². The third kappa shape index (κ3) is 2.79. The lowest BCUT2D eigenvalue weighted by molar-refractivity contribution is 0.537. The van der Waals surface area contributed by atoms with Crippen LogP contribution in [0, 0.1) is 0 Å². The second-order valence-corrected chi connectivity index (χ2v) is 2.35. The summed E-state index contributed by atoms with van der Waals surface area (Å²) in [6.45, 7) is 0. The molecule has 3 heteroatoms. The fraction of sp³-hybridized carbons (Fsp3) is 1.00. The van der Waals surface area contributed by atoms with Crippen LogP contribution in [0.4, 0.5) is 0 Å². The minimum absolute atomic E-state index is 0.548. The Labute approximate surface area is 48.1 Å². The molecule has 7 heavy (non-hydrogen) atoms. The lowest BCUT2D eigenvalue weighted by Gasteiger charge is -2.10. The molecule has 0 amide bonds. The minimum atomic E-state index is 0.548. The number of hydrogen-bond donors (Lipinski definition) is 2. The summed E-state index contributed by atoms with van der Waals surface area (Å²) < 4.78 is 0. The Bertz CT molecular complexity index is 31.2. The van der Waals surface area contributed by atoms with Gasteiger partial charge < -0.3 is 10.6 Å². The molecule has 0 saturated carbocycles. The first kappa shape index (κ1) is 7.14. The molecule has 0 heterocycles. The SMILES string of the molecule is CNC(C[SiH3])NC. The van der Waals surface area contributed by atoms with Crippen LogP contribution in [-0.2, 0) is 0 Å². The average molecular weight is 118 g/mol. The van der Waals surface area contributed by atoms with Crippen LogP contribution in [0.25, 0.3) is 0 Å². The Morgan fingerprint density at radius 1 is 1.43 bits per heavy atom. The molecule has 0 atom stereocenters. The van der Waals surface area contributed by atoms with E-state index in [1.807, 2.05) is 14.1 Å². The van der Waals surface area contributed by atoms with Crippen LogP contribution in [0.2, 0.25) is 6.04 Å². The lowest BCUT2D eigenvalue weighted by atomic mass is 10.6. The normalized spacial score (nSPS) is 10.7. The summed E-state index contributed by atoms with van der Waals surface area (Å²) in [5.41, 5.74) is 0. The second-order valence-electron chi connectivity index (χ2n) is 1.54. The predicted molar refractivity (Wildman–Crippen MR) is 36.7 cm³/mol. The van der Waals surface area contributed by atoms with E-state index in [0.717, 1.165) is 0 Å². The van der Waals surface area contributed by atoms with Gasteiger partial charge >= 0.3 is 0 Å². The highest BCUT2D eigenvalue weighted by Crippen LogP contribution is 1.76. The smallest absolute Gasteiger partial charge is 0.0534 e. The van der Waals surface area contributed by atoms with Crippen LogP contribution in [0.1, 0.15) is 0 Å². The van der Waals surface area contributed by atoms with Crippen LogP contribution in [0.5, 0.6) is 0 Å². The molecule has 0 aliphatic rings. The first-order valence-corrected chi connectivity index (χ1v) is 4.11. The van der Waals surface area contributed by atoms with Gasteiger partial charge in [-0.25, -0.2) is 0 Å². The van der Waals surface area contributed by atoms with Crippen molar-refractivity contribution in [1.82, 2.24) is 10.6 Å². The van der Waals surface area contributed by atoms with E-state index in [1.54, 1.807) is 0 Å². The summed E-state index contributed by atoms with van der Waals surface area (Å²) in [6.07, 6.45) is 0.548. The monoisotopic (exact) mass is 118 g/mol. The molecule has 0 aliphatic heterocycles. The first-order chi connectivity index (χ1) is 3.35. The van der Waals surface area contributed by atoms with Gasteiger partial charge in [-0.15, -0.1) is 0 Å². The first-order valence-electron chi connectivity index (χ1n) is 2.69. The topological polar surface area (TPSA) is 24.1 Å². The van der Waals surface area contributed by atoms with Crippen LogP contribution >= 0.6 is 0 Å². The van der Waals surface area contributed by atoms with Gasteiger partial charge in [-0.1, -0.05) is 0 Å². The van der Waals surface area contributed by atoms with E-state index >= 15 is 0 Å². The Hall–Kier alpha value is 0.137. The second kappa shape index (κ2) is 4.30. The molecule has 0 aromatic rings. The van der Waals surface area contributed by atoms with E-state index < -0.39 is 0 Å². The zero-order chi connectivity index (χ0) is 5.70. The van der Waals surface area contributed by atoms with Crippen molar-refractivity contribution >= 4 is 10.2 Å². The fourth-order valence-electron chi connectivity index (χ4n) is 0.553. The number of rotatable bonds is 3. The van der Waals surface area contributed by atoms with Crippen molar-refractivity contribution in [3.05, 3.63) is 0 Å². The molecule has 0 saturated heterocycles. The summed E-state index contributed by atoms with van der Waals surface area (Å²) in [6, 6.07) is 1.27. The van der Waals surface area contributed by atoms with Crippen molar-refractivity contribution < 1.29 is 0 Å². The van der Waals surface area contributed by atoms with Gasteiger partial charge in [-0.2, -0.15) is 0 Å². The van der Waals surface area contributed by atoms with Gasteiger partial charge in [0.2, 0.25) is 0 Å². The van der Waals surface area contributed by atoms with Crippen LogP contribution in [-0.4, -0.2) is 30.5 Å². The largest absolute Gasteiger partial charge is 0.305 e. The minimum Gasteiger partial charge on any atom is -0.305 e. The third-order valence-electron chi connectivity index (χ3n) is 1.11. The highest BCUT2D eigenvalue weighted by molar-refractivity contribution is 6.08. The maximum Gasteiger partial charge on any atom is 0.0534 e. The van der Waals surface area contributed by atoms with E-state index in [4.69, 9.17) is 0 Å². The van der Waals surface area contributed by atoms with Gasteiger partial charge in [0, 0.05) is 10.2 Å². The van der Waals surface area contributed by atoms with Gasteiger partial charge in [0.05, 0.1) is 6.17 Å². The molecule has 0 unspecified atom stereocenters. The molecule has 0 aromatic heterocycles. The van der Waals surface area contributed by atoms with Crippen molar-refractivity contribution in [2.75, 3.05) is 14.1 Å². The quantitative estimate of drug-likeness (QED) is 0.349. The highest BCUT2D eigenvalue weighted by atomic mass is 28.1. The van der Waals surface area contributed by atoms with E-state index in [9.17, 15) is 0 Å². The maximum absolute atomic E-state index is 3.12. The van der Waals surface area contributed by atoms with E-state index in [1.165, 1.54) is 16.3 Å². The molecule has 0 rings (SSSR count). The van der Waals surface area contributed by atoms with Gasteiger partial charge in [0.15, 0.2) is 0 Å². The molecular weight excluding hydrogens is 104 g/mol. The standard InChI is InChI=1S/C4H14N2Si/c1-5-4(3-7)6-2/h4-6H,3H2,1-2,7H3. The molecule has 0 aliphatic carbocycles. The molecule has 0 aromatic carbocycles.